The van der Waals surface area contributed by atoms with Crippen LogP contribution in [0.3, 0.4) is 0 Å². The van der Waals surface area contributed by atoms with E-state index in [2.05, 4.69) is 10.3 Å². The Balaban J connectivity index is 2.37. The van der Waals surface area contributed by atoms with Crippen LogP contribution in [0.4, 0.5) is 23.2 Å². The maximum atomic E-state index is 13.3. The Bertz CT molecular complexity index is 429. The Kier molecular flexibility index (Phi) is 2.75. The van der Waals surface area contributed by atoms with Gasteiger partial charge in [0.05, 0.1) is 0 Å². The summed E-state index contributed by atoms with van der Waals surface area (Å²) in [5.41, 5.74) is -1.39. The van der Waals surface area contributed by atoms with Gasteiger partial charge >= 0.3 is 0 Å². The lowest BCUT2D eigenvalue weighted by Gasteiger charge is -2.27. The molecule has 2 nitrogen and oxygen atoms in total. The van der Waals surface area contributed by atoms with E-state index in [4.69, 9.17) is 0 Å². The predicted octanol–water partition coefficient (Wildman–Crippen LogP) is 3.24. The number of aromatic nitrogens is 1. The van der Waals surface area contributed by atoms with Crippen LogP contribution in [0.5, 0.6) is 0 Å². The quantitative estimate of drug-likeness (QED) is 0.656. The largest absolute Gasteiger partial charge is 0.375 e. The maximum absolute atomic E-state index is 13.3. The molecule has 1 aliphatic rings. The first-order chi connectivity index (χ1) is 7.83. The van der Waals surface area contributed by atoms with Crippen LogP contribution in [0.1, 0.15) is 26.7 Å². The summed E-state index contributed by atoms with van der Waals surface area (Å²) in [4.78, 5) is 2.50. The van der Waals surface area contributed by atoms with Crippen molar-refractivity contribution < 1.29 is 17.6 Å². The molecule has 0 aromatic carbocycles. The number of nitrogens with one attached hydrogen (secondary N) is 1. The van der Waals surface area contributed by atoms with Gasteiger partial charge in [-0.05, 0) is 32.6 Å². The van der Waals surface area contributed by atoms with Crippen molar-refractivity contribution in [1.29, 1.82) is 0 Å². The van der Waals surface area contributed by atoms with Crippen molar-refractivity contribution in [2.24, 2.45) is 5.92 Å². The monoisotopic (exact) mass is 248 g/mol. The molecule has 1 heterocycles. The number of rotatable bonds is 3. The van der Waals surface area contributed by atoms with Crippen molar-refractivity contribution in [2.75, 3.05) is 5.32 Å². The number of pyridine rings is 1. The predicted molar refractivity (Wildman–Crippen MR) is 54.5 cm³/mol. The smallest absolute Gasteiger partial charge is 0.253 e. The minimum Gasteiger partial charge on any atom is -0.375 e. The molecule has 1 N–H and O–H groups in total. The number of anilines is 1. The molecule has 1 fully saturated rings. The van der Waals surface area contributed by atoms with E-state index in [9.17, 15) is 17.6 Å². The zero-order chi connectivity index (χ0) is 12.8. The highest BCUT2D eigenvalue weighted by Gasteiger charge is 2.39. The van der Waals surface area contributed by atoms with Gasteiger partial charge < -0.3 is 5.32 Å². The lowest BCUT2D eigenvalue weighted by Crippen LogP contribution is -2.34. The van der Waals surface area contributed by atoms with E-state index < -0.39 is 34.8 Å². The van der Waals surface area contributed by atoms with Crippen LogP contribution < -0.4 is 5.32 Å². The van der Waals surface area contributed by atoms with Crippen molar-refractivity contribution in [2.45, 2.75) is 32.2 Å². The molecule has 17 heavy (non-hydrogen) atoms. The van der Waals surface area contributed by atoms with Gasteiger partial charge in [-0.15, -0.1) is 0 Å². The van der Waals surface area contributed by atoms with Gasteiger partial charge in [-0.2, -0.15) is 22.5 Å². The van der Waals surface area contributed by atoms with Gasteiger partial charge in [0.25, 0.3) is 11.9 Å². The van der Waals surface area contributed by atoms with E-state index in [0.717, 1.165) is 12.8 Å². The summed E-state index contributed by atoms with van der Waals surface area (Å²) in [6, 6.07) is 0. The van der Waals surface area contributed by atoms with Crippen molar-refractivity contribution in [3.63, 3.8) is 0 Å². The Morgan fingerprint density at radius 3 is 1.94 bits per heavy atom. The van der Waals surface area contributed by atoms with E-state index in [1.165, 1.54) is 0 Å². The third kappa shape index (κ3) is 2.21. The molecule has 0 spiro atoms. The highest BCUT2D eigenvalue weighted by Crippen LogP contribution is 2.41. The first-order valence-corrected chi connectivity index (χ1v) is 5.31. The molecule has 0 atom stereocenters. The molecule has 94 valence electrons. The Morgan fingerprint density at radius 2 is 1.53 bits per heavy atom. The lowest BCUT2D eigenvalue weighted by atomic mass is 9.98. The second-order valence-corrected chi connectivity index (χ2v) is 4.82. The maximum Gasteiger partial charge on any atom is 0.253 e. The first-order valence-electron chi connectivity index (χ1n) is 5.31. The van der Waals surface area contributed by atoms with E-state index in [1.807, 2.05) is 0 Å². The van der Waals surface area contributed by atoms with Crippen LogP contribution in [-0.2, 0) is 0 Å². The summed E-state index contributed by atoms with van der Waals surface area (Å²) in [6.45, 7) is 3.47. The van der Waals surface area contributed by atoms with Gasteiger partial charge in [0.2, 0.25) is 11.6 Å². The molecular weight excluding hydrogens is 236 g/mol. The molecule has 0 aliphatic heterocycles. The van der Waals surface area contributed by atoms with Gasteiger partial charge in [0.1, 0.15) is 5.69 Å². The Labute approximate surface area is 96.0 Å². The van der Waals surface area contributed by atoms with Gasteiger partial charge in [0.15, 0.2) is 0 Å². The number of nitrogens with zero attached hydrogens (tertiary/aromatic N) is 1. The van der Waals surface area contributed by atoms with Crippen molar-refractivity contribution in [3.05, 3.63) is 23.5 Å². The van der Waals surface area contributed by atoms with Crippen molar-refractivity contribution in [1.82, 2.24) is 4.98 Å². The molecule has 0 unspecified atom stereocenters. The third-order valence-electron chi connectivity index (χ3n) is 3.04. The summed E-state index contributed by atoms with van der Waals surface area (Å²) < 4.78 is 52.5. The zero-order valence-corrected chi connectivity index (χ0v) is 9.45. The van der Waals surface area contributed by atoms with Crippen LogP contribution in [0.2, 0.25) is 0 Å². The average molecular weight is 248 g/mol. The normalized spacial score (nSPS) is 16.1. The van der Waals surface area contributed by atoms with Crippen LogP contribution in [0.25, 0.3) is 0 Å². The molecular formula is C11H12F4N2. The van der Waals surface area contributed by atoms with Crippen LogP contribution in [0.15, 0.2) is 0 Å². The fraction of sp³-hybridized carbons (Fsp3) is 0.545. The molecule has 1 saturated carbocycles. The first kappa shape index (κ1) is 12.1. The van der Waals surface area contributed by atoms with Gasteiger partial charge in [-0.3, -0.25) is 0 Å². The topological polar surface area (TPSA) is 24.9 Å². The van der Waals surface area contributed by atoms with Gasteiger partial charge in [0, 0.05) is 5.54 Å². The summed E-state index contributed by atoms with van der Waals surface area (Å²) in [6.07, 6.45) is 1.86. The molecule has 0 bridgehead atoms. The van der Waals surface area contributed by atoms with Crippen molar-refractivity contribution in [3.8, 4) is 0 Å². The Hall–Kier alpha value is -1.33. The minimum atomic E-state index is -1.64. The highest BCUT2D eigenvalue weighted by molar-refractivity contribution is 5.47. The lowest BCUT2D eigenvalue weighted by molar-refractivity contribution is 0.402. The summed E-state index contributed by atoms with van der Waals surface area (Å²) in [5, 5.41) is 2.53. The Morgan fingerprint density at radius 1 is 1.06 bits per heavy atom. The highest BCUT2D eigenvalue weighted by atomic mass is 19.2. The standard InChI is InChI=1S/C11H12F4N2/c1-11(2,5-3-4-5)17-8-6(12)9(14)16-10(15)7(8)13/h5H,3-4H2,1-2H3,(H,16,17). The fourth-order valence-corrected chi connectivity index (χ4v) is 1.83. The van der Waals surface area contributed by atoms with Crippen molar-refractivity contribution >= 4 is 5.69 Å². The summed E-state index contributed by atoms with van der Waals surface area (Å²) >= 11 is 0. The second-order valence-electron chi connectivity index (χ2n) is 4.82. The molecule has 0 radical (unpaired) electrons. The molecule has 2 rings (SSSR count). The molecule has 6 heteroatoms. The SMILES string of the molecule is CC(C)(Nc1c(F)c(F)nc(F)c1F)C1CC1. The molecule has 1 aromatic rings. The van der Waals surface area contributed by atoms with E-state index >= 15 is 0 Å². The van der Waals surface area contributed by atoms with Gasteiger partial charge in [-0.1, -0.05) is 0 Å². The average Bonchev–Trinajstić information content (AvgIpc) is 3.05. The van der Waals surface area contributed by atoms with Crippen LogP contribution >= 0.6 is 0 Å². The van der Waals surface area contributed by atoms with E-state index in [0.29, 0.717) is 0 Å². The molecule has 1 aromatic heterocycles. The zero-order valence-electron chi connectivity index (χ0n) is 9.45. The summed E-state index contributed by atoms with van der Waals surface area (Å²) in [5.74, 6) is -6.01. The number of halogens is 4. The minimum absolute atomic E-state index is 0.251. The van der Waals surface area contributed by atoms with Gasteiger partial charge in [-0.25, -0.2) is 0 Å². The molecule has 0 amide bonds. The number of hydrogen-bond donors (Lipinski definition) is 1. The van der Waals surface area contributed by atoms with E-state index in [-0.39, 0.29) is 5.92 Å². The van der Waals surface area contributed by atoms with Crippen LogP contribution in [-0.4, -0.2) is 10.5 Å². The fourth-order valence-electron chi connectivity index (χ4n) is 1.83. The van der Waals surface area contributed by atoms with Crippen LogP contribution in [0, 0.1) is 29.4 Å². The summed E-state index contributed by atoms with van der Waals surface area (Å²) in [7, 11) is 0. The number of hydrogen-bond acceptors (Lipinski definition) is 2. The third-order valence-corrected chi connectivity index (χ3v) is 3.04. The van der Waals surface area contributed by atoms with E-state index in [1.54, 1.807) is 13.8 Å². The molecule has 0 saturated heterocycles. The second kappa shape index (κ2) is 3.85. The molecule has 1 aliphatic carbocycles.